The van der Waals surface area contributed by atoms with Gasteiger partial charge in [-0.1, -0.05) is 6.07 Å². The Balaban J connectivity index is 1.30. The van der Waals surface area contributed by atoms with Gasteiger partial charge >= 0.3 is 6.18 Å². The van der Waals surface area contributed by atoms with Gasteiger partial charge < -0.3 is 15.1 Å². The highest BCUT2D eigenvalue weighted by Crippen LogP contribution is 2.41. The lowest BCUT2D eigenvalue weighted by molar-refractivity contribution is -0.141. The summed E-state index contributed by atoms with van der Waals surface area (Å²) in [6.07, 6.45) is 0.947. The number of nitrogens with one attached hydrogen (secondary N) is 1. The lowest BCUT2D eigenvalue weighted by atomic mass is 9.77. The minimum Gasteiger partial charge on any atom is -0.357 e. The lowest BCUT2D eigenvalue weighted by Gasteiger charge is -2.38. The number of rotatable bonds is 4. The van der Waals surface area contributed by atoms with Crippen molar-refractivity contribution in [1.82, 2.24) is 19.9 Å². The van der Waals surface area contributed by atoms with Crippen molar-refractivity contribution in [3.63, 3.8) is 0 Å². The van der Waals surface area contributed by atoms with Gasteiger partial charge in [-0.15, -0.1) is 0 Å². The number of carbonyl (C=O) groups excluding carboxylic acids is 1. The monoisotopic (exact) mass is 496 g/mol. The molecule has 3 aromatic rings. The second-order valence-electron chi connectivity index (χ2n) is 9.63. The Bertz CT molecular complexity index is 1270. The summed E-state index contributed by atoms with van der Waals surface area (Å²) in [5.41, 5.74) is 2.07. The van der Waals surface area contributed by atoms with E-state index in [-0.39, 0.29) is 17.3 Å². The predicted octanol–water partition coefficient (Wildman–Crippen LogP) is 5.06. The molecule has 188 valence electrons. The number of piperidine rings is 1. The predicted molar refractivity (Wildman–Crippen MR) is 131 cm³/mol. The minimum atomic E-state index is -4.54. The number of halogens is 3. The summed E-state index contributed by atoms with van der Waals surface area (Å²) in [7, 11) is 1.88. The number of pyridine rings is 1. The van der Waals surface area contributed by atoms with E-state index in [4.69, 9.17) is 0 Å². The second-order valence-corrected chi connectivity index (χ2v) is 9.63. The quantitative estimate of drug-likeness (QED) is 0.545. The molecule has 0 aliphatic carbocycles. The van der Waals surface area contributed by atoms with Gasteiger partial charge in [0.1, 0.15) is 11.5 Å². The topological polar surface area (TPSA) is 74.2 Å². The Morgan fingerprint density at radius 2 is 1.72 bits per heavy atom. The summed E-state index contributed by atoms with van der Waals surface area (Å²) in [6, 6.07) is 10.4. The Labute approximate surface area is 207 Å². The third-order valence-electron chi connectivity index (χ3n) is 7.13. The standard InChI is InChI=1S/C26H27F3N6O/c1-17-13-19(15-20(14-17)32-24-30-9-5-21(33-24)26(27,28)29)18-3-4-22(31-16-18)35-11-7-25(8-12-35)6-10-34(2)23(25)36/h3-5,9,13-16H,6-8,10-12H2,1-2H3,(H,30,32,33). The third-order valence-corrected chi connectivity index (χ3v) is 7.13. The van der Waals surface area contributed by atoms with Gasteiger partial charge in [-0.05, 0) is 67.6 Å². The van der Waals surface area contributed by atoms with E-state index in [0.29, 0.717) is 5.69 Å². The van der Waals surface area contributed by atoms with Gasteiger partial charge in [-0.25, -0.2) is 15.0 Å². The molecule has 4 heterocycles. The van der Waals surface area contributed by atoms with Crippen LogP contribution in [0.5, 0.6) is 0 Å². The van der Waals surface area contributed by atoms with E-state index in [9.17, 15) is 18.0 Å². The molecule has 2 aromatic heterocycles. The maximum Gasteiger partial charge on any atom is 0.433 e. The number of likely N-dealkylation sites (tertiary alicyclic amines) is 1. The number of amides is 1. The van der Waals surface area contributed by atoms with Crippen LogP contribution in [0.3, 0.4) is 0 Å². The van der Waals surface area contributed by atoms with Gasteiger partial charge in [0.2, 0.25) is 11.9 Å². The van der Waals surface area contributed by atoms with Crippen molar-refractivity contribution in [2.45, 2.75) is 32.4 Å². The Morgan fingerprint density at radius 1 is 0.972 bits per heavy atom. The van der Waals surface area contributed by atoms with Crippen LogP contribution in [0.1, 0.15) is 30.5 Å². The van der Waals surface area contributed by atoms with Crippen LogP contribution in [0, 0.1) is 12.3 Å². The van der Waals surface area contributed by atoms with Crippen molar-refractivity contribution in [2.75, 3.05) is 36.9 Å². The van der Waals surface area contributed by atoms with Crippen molar-refractivity contribution in [2.24, 2.45) is 5.41 Å². The summed E-state index contributed by atoms with van der Waals surface area (Å²) in [6.45, 7) is 4.33. The Kier molecular flexibility index (Phi) is 6.05. The van der Waals surface area contributed by atoms with Crippen LogP contribution in [0.15, 0.2) is 48.8 Å². The minimum absolute atomic E-state index is 0.121. The van der Waals surface area contributed by atoms with Crippen LogP contribution in [0.4, 0.5) is 30.6 Å². The summed E-state index contributed by atoms with van der Waals surface area (Å²) < 4.78 is 39.0. The molecule has 36 heavy (non-hydrogen) atoms. The normalized spacial score (nSPS) is 17.6. The second kappa shape index (κ2) is 9.07. The fourth-order valence-corrected chi connectivity index (χ4v) is 5.09. The summed E-state index contributed by atoms with van der Waals surface area (Å²) in [5, 5.41) is 2.88. The van der Waals surface area contributed by atoms with Crippen LogP contribution in [-0.4, -0.2) is 52.4 Å². The highest BCUT2D eigenvalue weighted by Gasteiger charge is 2.47. The number of aromatic nitrogens is 3. The molecule has 0 radical (unpaired) electrons. The summed E-state index contributed by atoms with van der Waals surface area (Å²) >= 11 is 0. The van der Waals surface area contributed by atoms with Crippen LogP contribution in [0.25, 0.3) is 11.1 Å². The first-order valence-electron chi connectivity index (χ1n) is 11.9. The Morgan fingerprint density at radius 3 is 2.36 bits per heavy atom. The number of hydrogen-bond donors (Lipinski definition) is 1. The molecule has 0 atom stereocenters. The number of nitrogens with zero attached hydrogens (tertiary/aromatic N) is 5. The maximum absolute atomic E-state index is 13.0. The van der Waals surface area contributed by atoms with E-state index in [0.717, 1.165) is 73.7 Å². The molecule has 10 heteroatoms. The number of anilines is 3. The summed E-state index contributed by atoms with van der Waals surface area (Å²) in [5.74, 6) is 1.02. The molecule has 1 aromatic carbocycles. The van der Waals surface area contributed by atoms with Crippen LogP contribution in [0.2, 0.25) is 0 Å². The largest absolute Gasteiger partial charge is 0.433 e. The van der Waals surface area contributed by atoms with Gasteiger partial charge in [-0.3, -0.25) is 4.79 Å². The van der Waals surface area contributed by atoms with Gasteiger partial charge in [-0.2, -0.15) is 13.2 Å². The number of aryl methyl sites for hydroxylation is 1. The van der Waals surface area contributed by atoms with Crippen LogP contribution < -0.4 is 10.2 Å². The van der Waals surface area contributed by atoms with Gasteiger partial charge in [0.05, 0.1) is 5.41 Å². The molecule has 2 fully saturated rings. The van der Waals surface area contributed by atoms with Gasteiger partial charge in [0, 0.05) is 50.3 Å². The molecule has 1 N–H and O–H groups in total. The van der Waals surface area contributed by atoms with E-state index in [1.165, 1.54) is 0 Å². The fraction of sp³-hybridized carbons (Fsp3) is 0.385. The van der Waals surface area contributed by atoms with E-state index in [1.807, 2.05) is 49.2 Å². The third kappa shape index (κ3) is 4.72. The van der Waals surface area contributed by atoms with E-state index >= 15 is 0 Å². The molecule has 7 nitrogen and oxygen atoms in total. The van der Waals surface area contributed by atoms with E-state index < -0.39 is 11.9 Å². The molecule has 1 spiro atoms. The molecule has 5 rings (SSSR count). The average molecular weight is 497 g/mol. The van der Waals surface area contributed by atoms with Crippen molar-refractivity contribution < 1.29 is 18.0 Å². The van der Waals surface area contributed by atoms with Crippen molar-refractivity contribution in [3.05, 3.63) is 60.0 Å². The number of benzene rings is 1. The molecule has 2 aliphatic heterocycles. The number of hydrogen-bond acceptors (Lipinski definition) is 6. The molecule has 2 saturated heterocycles. The van der Waals surface area contributed by atoms with Crippen molar-refractivity contribution >= 4 is 23.4 Å². The smallest absolute Gasteiger partial charge is 0.357 e. The zero-order chi connectivity index (χ0) is 25.5. The molecule has 0 saturated carbocycles. The number of carbonyl (C=O) groups is 1. The van der Waals surface area contributed by atoms with E-state index in [2.05, 4.69) is 25.2 Å². The molecule has 1 amide bonds. The first kappa shape index (κ1) is 24.0. The molecule has 0 bridgehead atoms. The lowest BCUT2D eigenvalue weighted by Crippen LogP contribution is -2.44. The SMILES string of the molecule is Cc1cc(Nc2nccc(C(F)(F)F)n2)cc(-c2ccc(N3CCC4(CCN(C)C4=O)CC3)nc2)c1. The maximum atomic E-state index is 13.0. The van der Waals surface area contributed by atoms with Gasteiger partial charge in [0.25, 0.3) is 0 Å². The van der Waals surface area contributed by atoms with Gasteiger partial charge in [0.15, 0.2) is 0 Å². The van der Waals surface area contributed by atoms with Crippen LogP contribution >= 0.6 is 0 Å². The zero-order valence-corrected chi connectivity index (χ0v) is 20.1. The molecule has 2 aliphatic rings. The van der Waals surface area contributed by atoms with Crippen molar-refractivity contribution in [1.29, 1.82) is 0 Å². The van der Waals surface area contributed by atoms with E-state index in [1.54, 1.807) is 6.20 Å². The Hall–Kier alpha value is -3.69. The first-order chi connectivity index (χ1) is 17.1. The highest BCUT2D eigenvalue weighted by atomic mass is 19.4. The average Bonchev–Trinajstić information content (AvgIpc) is 3.12. The van der Waals surface area contributed by atoms with Crippen LogP contribution in [-0.2, 0) is 11.0 Å². The molecular formula is C26H27F3N6O. The first-order valence-corrected chi connectivity index (χ1v) is 11.9. The molecular weight excluding hydrogens is 469 g/mol. The highest BCUT2D eigenvalue weighted by molar-refractivity contribution is 5.85. The number of alkyl halides is 3. The zero-order valence-electron chi connectivity index (χ0n) is 20.1. The fourth-order valence-electron chi connectivity index (χ4n) is 5.09. The molecule has 0 unspecified atom stereocenters. The summed E-state index contributed by atoms with van der Waals surface area (Å²) in [4.78, 5) is 28.8. The van der Waals surface area contributed by atoms with Crippen molar-refractivity contribution in [3.8, 4) is 11.1 Å².